The van der Waals surface area contributed by atoms with Crippen LogP contribution < -0.4 is 9.62 Å². The molecule has 0 radical (unpaired) electrons. The van der Waals surface area contributed by atoms with Gasteiger partial charge < -0.3 is 10.2 Å². The second kappa shape index (κ2) is 12.9. The molecule has 206 valence electrons. The lowest BCUT2D eigenvalue weighted by Crippen LogP contribution is -2.54. The maximum Gasteiger partial charge on any atom is 0.244 e. The van der Waals surface area contributed by atoms with Crippen LogP contribution in [0.4, 0.5) is 5.69 Å². The highest BCUT2D eigenvalue weighted by Gasteiger charge is 2.34. The summed E-state index contributed by atoms with van der Waals surface area (Å²) in [4.78, 5) is 29.5. The van der Waals surface area contributed by atoms with Gasteiger partial charge in [0.25, 0.3) is 0 Å². The Morgan fingerprint density at radius 1 is 0.872 bits per heavy atom. The number of anilines is 1. The van der Waals surface area contributed by atoms with Crippen LogP contribution in [-0.4, -0.2) is 50.0 Å². The third-order valence-electron chi connectivity index (χ3n) is 7.23. The fraction of sp³-hybridized carbons (Fsp3) is 0.355. The molecule has 0 aromatic heterocycles. The highest BCUT2D eigenvalue weighted by Crippen LogP contribution is 2.24. The summed E-state index contributed by atoms with van der Waals surface area (Å²) in [5, 5.41) is 3.18. The van der Waals surface area contributed by atoms with Gasteiger partial charge in [-0.15, -0.1) is 0 Å². The van der Waals surface area contributed by atoms with E-state index in [9.17, 15) is 18.0 Å². The average Bonchev–Trinajstić information content (AvgIpc) is 3.43. The van der Waals surface area contributed by atoms with E-state index in [0.29, 0.717) is 12.1 Å². The van der Waals surface area contributed by atoms with Crippen molar-refractivity contribution < 1.29 is 18.0 Å². The molecule has 2 amide bonds. The monoisotopic (exact) mass is 547 g/mol. The number of carbonyl (C=O) groups excluding carboxylic acids is 2. The van der Waals surface area contributed by atoms with E-state index in [-0.39, 0.29) is 18.5 Å². The van der Waals surface area contributed by atoms with Crippen LogP contribution in [0.3, 0.4) is 0 Å². The summed E-state index contributed by atoms with van der Waals surface area (Å²) < 4.78 is 26.9. The summed E-state index contributed by atoms with van der Waals surface area (Å²) in [5.74, 6) is -0.646. The average molecular weight is 548 g/mol. The van der Waals surface area contributed by atoms with Crippen molar-refractivity contribution in [1.29, 1.82) is 0 Å². The van der Waals surface area contributed by atoms with E-state index in [1.165, 1.54) is 0 Å². The van der Waals surface area contributed by atoms with Gasteiger partial charge in [0.15, 0.2) is 0 Å². The first-order chi connectivity index (χ1) is 18.7. The Hall–Kier alpha value is -3.65. The number of amides is 2. The Morgan fingerprint density at radius 3 is 2.03 bits per heavy atom. The van der Waals surface area contributed by atoms with Gasteiger partial charge >= 0.3 is 0 Å². The van der Waals surface area contributed by atoms with Gasteiger partial charge in [0.2, 0.25) is 21.8 Å². The van der Waals surface area contributed by atoms with Gasteiger partial charge in [0, 0.05) is 19.0 Å². The molecule has 1 N–H and O–H groups in total. The van der Waals surface area contributed by atoms with Crippen LogP contribution in [0, 0.1) is 6.92 Å². The van der Waals surface area contributed by atoms with E-state index in [0.717, 1.165) is 52.9 Å². The zero-order valence-corrected chi connectivity index (χ0v) is 23.4. The quantitative estimate of drug-likeness (QED) is 0.384. The van der Waals surface area contributed by atoms with Crippen LogP contribution in [-0.2, 0) is 32.6 Å². The summed E-state index contributed by atoms with van der Waals surface area (Å²) in [6, 6.07) is 25.5. The maximum absolute atomic E-state index is 14.1. The topological polar surface area (TPSA) is 86.8 Å². The van der Waals surface area contributed by atoms with Crippen LogP contribution in [0.5, 0.6) is 0 Å². The van der Waals surface area contributed by atoms with Crippen LogP contribution in [0.25, 0.3) is 0 Å². The number of para-hydroxylation sites is 1. The SMILES string of the molecule is Cc1ccccc1N(CC(=O)N(Cc1ccccc1)[C@H](Cc1ccccc1)C(=O)NC1CCCC1)S(C)(=O)=O. The highest BCUT2D eigenvalue weighted by atomic mass is 32.2. The third kappa shape index (κ3) is 7.69. The lowest BCUT2D eigenvalue weighted by molar-refractivity contribution is -0.140. The van der Waals surface area contributed by atoms with E-state index in [1.54, 1.807) is 17.0 Å². The number of nitrogens with zero attached hydrogens (tertiary/aromatic N) is 2. The van der Waals surface area contributed by atoms with E-state index >= 15 is 0 Å². The Bertz CT molecular complexity index is 1360. The van der Waals surface area contributed by atoms with E-state index in [4.69, 9.17) is 0 Å². The van der Waals surface area contributed by atoms with Crippen molar-refractivity contribution in [2.75, 3.05) is 17.1 Å². The number of rotatable bonds is 11. The summed E-state index contributed by atoms with van der Waals surface area (Å²) >= 11 is 0. The molecule has 1 saturated carbocycles. The van der Waals surface area contributed by atoms with Crippen molar-refractivity contribution >= 4 is 27.5 Å². The van der Waals surface area contributed by atoms with E-state index in [1.807, 2.05) is 79.7 Å². The summed E-state index contributed by atoms with van der Waals surface area (Å²) in [7, 11) is -3.78. The molecular formula is C31H37N3O4S. The van der Waals surface area contributed by atoms with Crippen LogP contribution >= 0.6 is 0 Å². The van der Waals surface area contributed by atoms with Gasteiger partial charge in [-0.25, -0.2) is 8.42 Å². The Morgan fingerprint density at radius 2 is 1.44 bits per heavy atom. The Balaban J connectivity index is 1.71. The molecule has 0 saturated heterocycles. The fourth-order valence-corrected chi connectivity index (χ4v) is 6.05. The normalized spacial score (nSPS) is 14.5. The zero-order valence-electron chi connectivity index (χ0n) is 22.6. The smallest absolute Gasteiger partial charge is 0.244 e. The summed E-state index contributed by atoms with van der Waals surface area (Å²) in [6.07, 6.45) is 5.41. The number of carbonyl (C=O) groups is 2. The minimum atomic E-state index is -3.78. The second-order valence-electron chi connectivity index (χ2n) is 10.3. The lowest BCUT2D eigenvalue weighted by atomic mass is 10.0. The van der Waals surface area contributed by atoms with Crippen molar-refractivity contribution in [2.24, 2.45) is 0 Å². The molecular weight excluding hydrogens is 510 g/mol. The maximum atomic E-state index is 14.1. The predicted octanol–water partition coefficient (Wildman–Crippen LogP) is 4.46. The van der Waals surface area contributed by atoms with Crippen molar-refractivity contribution in [1.82, 2.24) is 10.2 Å². The van der Waals surface area contributed by atoms with Crippen LogP contribution in [0.1, 0.15) is 42.4 Å². The minimum Gasteiger partial charge on any atom is -0.352 e. The fourth-order valence-electron chi connectivity index (χ4n) is 5.14. The van der Waals surface area contributed by atoms with Crippen molar-refractivity contribution in [2.45, 2.75) is 57.7 Å². The van der Waals surface area contributed by atoms with Gasteiger partial charge in [-0.3, -0.25) is 13.9 Å². The molecule has 3 aromatic carbocycles. The van der Waals surface area contributed by atoms with Gasteiger partial charge in [-0.05, 0) is 42.5 Å². The number of aryl methyl sites for hydroxylation is 1. The van der Waals surface area contributed by atoms with Gasteiger partial charge in [-0.2, -0.15) is 0 Å². The molecule has 0 heterocycles. The highest BCUT2D eigenvalue weighted by molar-refractivity contribution is 7.92. The first-order valence-electron chi connectivity index (χ1n) is 13.4. The molecule has 8 heteroatoms. The largest absolute Gasteiger partial charge is 0.352 e. The van der Waals surface area contributed by atoms with Gasteiger partial charge in [-0.1, -0.05) is 91.7 Å². The molecule has 0 spiro atoms. The molecule has 39 heavy (non-hydrogen) atoms. The predicted molar refractivity (Wildman–Crippen MR) is 155 cm³/mol. The number of hydrogen-bond acceptors (Lipinski definition) is 4. The summed E-state index contributed by atoms with van der Waals surface area (Å²) in [6.45, 7) is 1.59. The number of benzene rings is 3. The van der Waals surface area contributed by atoms with Crippen molar-refractivity contribution in [3.63, 3.8) is 0 Å². The standard InChI is InChI=1S/C31H37N3O4S/c1-24-13-9-12-20-28(24)34(39(2,37)38)23-30(35)33(22-26-16-7-4-8-17-26)29(21-25-14-5-3-6-15-25)31(36)32-27-18-10-11-19-27/h3-9,12-17,20,27,29H,10-11,18-19,21-23H2,1-2H3,(H,32,36)/t29-/m1/s1. The lowest BCUT2D eigenvalue weighted by Gasteiger charge is -2.34. The molecule has 0 unspecified atom stereocenters. The van der Waals surface area contributed by atoms with E-state index in [2.05, 4.69) is 5.32 Å². The molecule has 1 aliphatic rings. The molecule has 0 bridgehead atoms. The second-order valence-corrected chi connectivity index (χ2v) is 12.2. The summed E-state index contributed by atoms with van der Waals surface area (Å²) in [5.41, 5.74) is 2.97. The van der Waals surface area contributed by atoms with Crippen LogP contribution in [0.15, 0.2) is 84.9 Å². The van der Waals surface area contributed by atoms with Crippen molar-refractivity contribution in [3.8, 4) is 0 Å². The number of sulfonamides is 1. The molecule has 4 rings (SSSR count). The van der Waals surface area contributed by atoms with E-state index < -0.39 is 28.5 Å². The first-order valence-corrected chi connectivity index (χ1v) is 15.3. The number of hydrogen-bond donors (Lipinski definition) is 1. The molecule has 1 atom stereocenters. The molecule has 1 aliphatic carbocycles. The Kier molecular flexibility index (Phi) is 9.41. The minimum absolute atomic E-state index is 0.0870. The molecule has 1 fully saturated rings. The zero-order chi connectivity index (χ0) is 27.8. The molecule has 0 aliphatic heterocycles. The molecule has 7 nitrogen and oxygen atoms in total. The Labute approximate surface area is 231 Å². The first kappa shape index (κ1) is 28.4. The van der Waals surface area contributed by atoms with Crippen molar-refractivity contribution in [3.05, 3.63) is 102 Å². The van der Waals surface area contributed by atoms with Gasteiger partial charge in [0.05, 0.1) is 11.9 Å². The third-order valence-corrected chi connectivity index (χ3v) is 8.36. The number of nitrogens with one attached hydrogen (secondary N) is 1. The molecule has 3 aromatic rings. The van der Waals surface area contributed by atoms with Crippen LogP contribution in [0.2, 0.25) is 0 Å². The van der Waals surface area contributed by atoms with Gasteiger partial charge in [0.1, 0.15) is 12.6 Å².